The first-order valence-electron chi connectivity index (χ1n) is 44.5. The number of pyridine rings is 4. The molecule has 0 bridgehead atoms. The number of aromatic nitrogens is 20. The van der Waals surface area contributed by atoms with Crippen LogP contribution in [0.4, 0.5) is 65.9 Å². The molecule has 147 heavy (non-hydrogen) atoms. The van der Waals surface area contributed by atoms with Crippen molar-refractivity contribution in [1.29, 1.82) is 0 Å². The Hall–Kier alpha value is -15.9. The minimum atomic E-state index is -4.38. The number of anilines is 6. The molecule has 16 aromatic rings. The lowest BCUT2D eigenvalue weighted by Crippen LogP contribution is -2.26. The highest BCUT2D eigenvalue weighted by molar-refractivity contribution is 7.59. The van der Waals surface area contributed by atoms with Gasteiger partial charge < -0.3 is 68.0 Å². The van der Waals surface area contributed by atoms with E-state index in [-0.39, 0.29) is 140 Å². The topological polar surface area (TPSA) is 494 Å². The molecule has 0 aliphatic rings. The summed E-state index contributed by atoms with van der Waals surface area (Å²) in [5.41, 5.74) is 11.1. The van der Waals surface area contributed by atoms with Crippen LogP contribution in [-0.4, -0.2) is 224 Å². The predicted molar refractivity (Wildman–Crippen MR) is 565 cm³/mol. The third-order valence-electron chi connectivity index (χ3n) is 22.2. The molecule has 5 amide bonds. The van der Waals surface area contributed by atoms with Crippen LogP contribution in [0.3, 0.4) is 0 Å². The Kier molecular flexibility index (Phi) is 42.7. The van der Waals surface area contributed by atoms with E-state index < -0.39 is 47.8 Å². The lowest BCUT2D eigenvalue weighted by atomic mass is 9.95. The Labute approximate surface area is 866 Å². The molecule has 0 saturated carbocycles. The summed E-state index contributed by atoms with van der Waals surface area (Å²) in [5, 5.41) is 32.1. The number of rotatable bonds is 34. The van der Waals surface area contributed by atoms with Crippen LogP contribution < -0.4 is 58.5 Å². The van der Waals surface area contributed by atoms with Gasteiger partial charge in [0.1, 0.15) is 85.8 Å². The van der Waals surface area contributed by atoms with E-state index in [1.54, 1.807) is 93.9 Å². The number of carbonyl (C=O) groups is 5. The summed E-state index contributed by atoms with van der Waals surface area (Å²) in [6.45, 7) is 11.7. The third-order valence-corrected chi connectivity index (χ3v) is 22.2. The SMILES string of the molecule is CNC(=O)c1c(F)cnc2c([C@H](C)CNc3cc(-c4cnc(COC)nc4)ncn3)cccc12.CNC(=O)c1ccnc2c([C@H](C)CNc3cc(-c4cnc(COC)nc4)ncn3)ccc(F)c12.CNC(=O)c1ccnc2c([C@H](C)CNc3cc(-c4cnc(NCC(F)(F)F)nc4)ncn3)ccc(F)c12.CNC(=O)c1ccnc2c([C@H](C)CNc3cc(-c4cnc(NCCNC(C)=O)nc4)ncn3)ccc(F)c12.S.S.S.S. The van der Waals surface area contributed by atoms with Gasteiger partial charge in [0.15, 0.2) is 17.5 Å². The van der Waals surface area contributed by atoms with E-state index in [9.17, 15) is 54.7 Å². The predicted octanol–water partition coefficient (Wildman–Crippen LogP) is 14.1. The Morgan fingerprint density at radius 3 is 0.980 bits per heavy atom. The number of carbonyl (C=O) groups excluding carboxylic acids is 5. The average Bonchev–Trinajstić information content (AvgIpc) is 0.798. The summed E-state index contributed by atoms with van der Waals surface area (Å²) in [5.74, 6) is -0.311. The highest BCUT2D eigenvalue weighted by atomic mass is 32.1. The number of methoxy groups -OCH3 is 2. The lowest BCUT2D eigenvalue weighted by molar-refractivity contribution is -0.119. The van der Waals surface area contributed by atoms with Crippen molar-refractivity contribution in [2.75, 3.05) is 120 Å². The molecule has 11 N–H and O–H groups in total. The quantitative estimate of drug-likeness (QED) is 0.0132. The number of alkyl halides is 3. The van der Waals surface area contributed by atoms with Gasteiger partial charge in [0.25, 0.3) is 23.6 Å². The highest BCUT2D eigenvalue weighted by Crippen LogP contribution is 2.36. The van der Waals surface area contributed by atoms with Gasteiger partial charge in [-0.25, -0.2) is 97.3 Å². The fourth-order valence-electron chi connectivity index (χ4n) is 14.9. The molecule has 12 aromatic heterocycles. The Morgan fingerprint density at radius 2 is 0.667 bits per heavy atom. The molecule has 0 unspecified atom stereocenters. The molecular weight excluding hydrogens is 1980 g/mol. The lowest BCUT2D eigenvalue weighted by Gasteiger charge is -2.17. The zero-order valence-corrected chi connectivity index (χ0v) is 85.1. The van der Waals surface area contributed by atoms with Crippen LogP contribution in [0.15, 0.2) is 197 Å². The first-order valence-corrected chi connectivity index (χ1v) is 44.5. The van der Waals surface area contributed by atoms with Crippen molar-refractivity contribution in [3.63, 3.8) is 0 Å². The van der Waals surface area contributed by atoms with Crippen molar-refractivity contribution in [3.05, 3.63) is 276 Å². The molecule has 38 nitrogen and oxygen atoms in total. The van der Waals surface area contributed by atoms with Crippen LogP contribution >= 0.6 is 54.0 Å². The van der Waals surface area contributed by atoms with E-state index in [4.69, 9.17) is 9.47 Å². The van der Waals surface area contributed by atoms with Gasteiger partial charge in [-0.3, -0.25) is 43.9 Å². The Balaban J connectivity index is 0.000000216. The Bertz CT molecular complexity index is 7210. The maximum absolute atomic E-state index is 14.7. The number of hydrogen-bond acceptors (Lipinski definition) is 33. The van der Waals surface area contributed by atoms with Gasteiger partial charge in [0.05, 0.1) is 73.3 Å². The average molecular weight is 2090 g/mol. The molecule has 49 heteroatoms. The number of halogens is 7. The van der Waals surface area contributed by atoms with E-state index in [1.807, 2.05) is 45.9 Å². The van der Waals surface area contributed by atoms with Crippen LogP contribution in [0.2, 0.25) is 0 Å². The van der Waals surface area contributed by atoms with Crippen LogP contribution in [0.25, 0.3) is 88.6 Å². The Morgan fingerprint density at radius 1 is 0.347 bits per heavy atom. The second-order valence-electron chi connectivity index (χ2n) is 32.1. The molecule has 0 saturated heterocycles. The van der Waals surface area contributed by atoms with Crippen molar-refractivity contribution in [1.82, 2.24) is 126 Å². The molecule has 0 aliphatic carbocycles. The second kappa shape index (κ2) is 54.7. The maximum atomic E-state index is 14.7. The number of fused-ring (bicyclic) bond motifs is 4. The summed E-state index contributed by atoms with van der Waals surface area (Å²) in [4.78, 5) is 145. The van der Waals surface area contributed by atoms with Crippen molar-refractivity contribution >= 4 is 162 Å². The standard InChI is InChI=1S/C26H28FN9O2.C24H22F4N8O.2C24H24FN7O2.4H2S/c1-15(18-4-5-20(27)23-19(25(38)28-3)6-7-30-24(18)23)11-32-22-10-21(35-14-36-22)17-12-33-26(34-13-17)31-9-8-29-16(2)37;1-13(15-3-4-17(25)20-16(22(37)29-2)5-6-30-21(15)20)8-31-19-7-18(35-12-36-19)14-9-32-23(33-10-14)34-11-24(26,27)28;1-14(16-4-5-18(25)22-17(24(33)26-2)6-7-27-23(16)22)9-28-20-8-19(31-13-32-20)15-10-29-21(12-34-3)30-11-15;1-14(16-5-4-6-17-22(24(33)26-2)18(25)11-30-23(16)17)8-27-20-7-19(31-13-32-20)15-9-28-21(12-34-3)29-10-15;;;;/h4-7,10,12-15H,8-9,11H2,1-3H3,(H,28,38)(H,29,37)(H,31,33,34)(H,32,35,36);3-7,9-10,12-13H,8,11H2,1-2H3,(H,29,37)(H,31,35,36)(H,32,33,34);4-8,10-11,13-14H,9,12H2,1-3H3,(H,26,33)(H,28,31,32);4-7,9-11,13-14H,8,12H2,1-3H3,(H,26,33)(H,27,31,32);4*1H2/t15-;13-;2*14-;;;;/m1111..../s1. The molecule has 0 fully saturated rings. The van der Waals surface area contributed by atoms with Gasteiger partial charge in [-0.1, -0.05) is 64.1 Å². The van der Waals surface area contributed by atoms with Crippen LogP contribution in [0.1, 0.15) is 134 Å². The number of para-hydroxylation sites is 1. The fourth-order valence-corrected chi connectivity index (χ4v) is 14.9. The smallest absolute Gasteiger partial charge is 0.377 e. The zero-order chi connectivity index (χ0) is 102. The van der Waals surface area contributed by atoms with Crippen molar-refractivity contribution in [2.45, 2.75) is 77.7 Å². The van der Waals surface area contributed by atoms with Gasteiger partial charge in [0, 0.05) is 249 Å². The number of nitrogens with zero attached hydrogens (tertiary/aromatic N) is 20. The van der Waals surface area contributed by atoms with Gasteiger partial charge in [-0.15, -0.1) is 0 Å². The van der Waals surface area contributed by atoms with Crippen molar-refractivity contribution in [3.8, 4) is 45.0 Å². The molecular formula is C98H106F7N31O7S4. The first kappa shape index (κ1) is 115. The number of nitrogens with one attached hydrogen (secondary N) is 11. The van der Waals surface area contributed by atoms with E-state index in [1.165, 1.54) is 128 Å². The van der Waals surface area contributed by atoms with E-state index in [0.29, 0.717) is 155 Å². The van der Waals surface area contributed by atoms with Crippen molar-refractivity contribution in [2.24, 2.45) is 0 Å². The highest BCUT2D eigenvalue weighted by Gasteiger charge is 2.29. The largest absolute Gasteiger partial charge is 0.405 e. The van der Waals surface area contributed by atoms with Gasteiger partial charge in [-0.2, -0.15) is 67.2 Å². The fraction of sp³-hybridized carbons (Fsp3) is 0.255. The summed E-state index contributed by atoms with van der Waals surface area (Å²) < 4.78 is 105. The summed E-state index contributed by atoms with van der Waals surface area (Å²) in [6, 6.07) is 26.1. The molecule has 0 spiro atoms. The monoisotopic (exact) mass is 2090 g/mol. The molecule has 0 radical (unpaired) electrons. The molecule has 16 rings (SSSR count). The first-order chi connectivity index (χ1) is 69.0. The zero-order valence-electron chi connectivity index (χ0n) is 81.1. The second-order valence-corrected chi connectivity index (χ2v) is 32.1. The van der Waals surface area contributed by atoms with E-state index >= 15 is 0 Å². The van der Waals surface area contributed by atoms with Crippen LogP contribution in [0.5, 0.6) is 0 Å². The minimum absolute atomic E-state index is 0. The summed E-state index contributed by atoms with van der Waals surface area (Å²) >= 11 is 0. The molecule has 12 heterocycles. The number of ether oxygens (including phenoxy) is 2. The van der Waals surface area contributed by atoms with E-state index in [2.05, 4.69) is 158 Å². The molecule has 768 valence electrons. The maximum Gasteiger partial charge on any atom is 0.405 e. The third kappa shape index (κ3) is 29.9. The molecule has 4 aromatic carbocycles. The van der Waals surface area contributed by atoms with Gasteiger partial charge in [-0.05, 0) is 58.7 Å². The molecule has 4 atom stereocenters. The number of amides is 5. The van der Waals surface area contributed by atoms with Gasteiger partial charge >= 0.3 is 6.18 Å². The number of hydrogen-bond donors (Lipinski definition) is 11. The van der Waals surface area contributed by atoms with Crippen LogP contribution in [-0.2, 0) is 27.5 Å². The van der Waals surface area contributed by atoms with Crippen LogP contribution in [0, 0.1) is 23.3 Å². The summed E-state index contributed by atoms with van der Waals surface area (Å²) in [6.07, 6.45) is 19.8. The van der Waals surface area contributed by atoms with Crippen molar-refractivity contribution < 1.29 is 64.2 Å². The minimum Gasteiger partial charge on any atom is -0.377 e. The normalized spacial score (nSPS) is 11.6. The van der Waals surface area contributed by atoms with E-state index in [0.717, 1.165) is 39.6 Å². The molecule has 0 aliphatic heterocycles. The number of benzene rings is 4. The summed E-state index contributed by atoms with van der Waals surface area (Å²) in [7, 11) is 9.15. The van der Waals surface area contributed by atoms with Gasteiger partial charge in [0.2, 0.25) is 17.8 Å².